The van der Waals surface area contributed by atoms with Crippen LogP contribution >= 0.6 is 0 Å². The largest absolute Gasteiger partial charge is 0.394 e. The van der Waals surface area contributed by atoms with E-state index in [1.807, 2.05) is 76.2 Å². The Morgan fingerprint density at radius 1 is 1.13 bits per heavy atom. The molecule has 3 aliphatic rings. The van der Waals surface area contributed by atoms with Crippen molar-refractivity contribution >= 4 is 23.4 Å². The summed E-state index contributed by atoms with van der Waals surface area (Å²) in [5, 5.41) is 16.4. The molecule has 0 aromatic heterocycles. The topological polar surface area (TPSA) is 108 Å². The Morgan fingerprint density at radius 2 is 1.87 bits per heavy atom. The first-order valence-electron chi connectivity index (χ1n) is 13.5. The number of amides is 3. The number of hydrogen-bond donors (Lipinski definition) is 3. The monoisotopic (exact) mass is 519 g/mol. The molecule has 1 spiro atoms. The number of ether oxygens (including phenoxy) is 1. The Hall–Kier alpha value is -3.23. The fourth-order valence-corrected chi connectivity index (χ4v) is 6.64. The summed E-state index contributed by atoms with van der Waals surface area (Å²) in [6, 6.07) is 13.9. The van der Waals surface area contributed by atoms with Crippen LogP contribution < -0.4 is 10.6 Å². The normalized spacial score (nSPS) is 28.5. The van der Waals surface area contributed by atoms with Crippen molar-refractivity contribution in [1.82, 2.24) is 10.2 Å². The third-order valence-electron chi connectivity index (χ3n) is 8.56. The summed E-state index contributed by atoms with van der Waals surface area (Å²) in [5.74, 6) is -2.44. The number of aliphatic hydroxyl groups excluding tert-OH is 1. The molecule has 3 amide bonds. The van der Waals surface area contributed by atoms with Gasteiger partial charge in [-0.15, -0.1) is 0 Å². The number of aliphatic hydroxyl groups is 1. The average Bonchev–Trinajstić information content (AvgIpc) is 3.53. The molecule has 3 saturated heterocycles. The first-order valence-corrected chi connectivity index (χ1v) is 13.5. The SMILES string of the molecule is Cc1ccc(C)c(NC(=O)C2N([C@@H](CO)C(C)C)C(=O)[C@@H]3[C@@H](C(=O)NCc4ccccc4)[C@H]4CCC23O4)c1. The van der Waals surface area contributed by atoms with Gasteiger partial charge in [-0.2, -0.15) is 0 Å². The Labute approximate surface area is 223 Å². The molecule has 0 aliphatic carbocycles. The van der Waals surface area contributed by atoms with Crippen LogP contribution in [0.4, 0.5) is 5.69 Å². The van der Waals surface area contributed by atoms with E-state index in [2.05, 4.69) is 10.6 Å². The fraction of sp³-hybridized carbons (Fsp3) is 0.500. The lowest BCUT2D eigenvalue weighted by Gasteiger charge is -2.38. The van der Waals surface area contributed by atoms with E-state index in [1.165, 1.54) is 4.90 Å². The van der Waals surface area contributed by atoms with Gasteiger partial charge in [-0.25, -0.2) is 0 Å². The maximum atomic E-state index is 14.1. The van der Waals surface area contributed by atoms with E-state index in [0.717, 1.165) is 16.7 Å². The highest BCUT2D eigenvalue weighted by Gasteiger charge is 2.75. The van der Waals surface area contributed by atoms with Crippen molar-refractivity contribution in [3.05, 3.63) is 65.2 Å². The minimum Gasteiger partial charge on any atom is -0.394 e. The number of anilines is 1. The summed E-state index contributed by atoms with van der Waals surface area (Å²) in [5.41, 5.74) is 2.44. The van der Waals surface area contributed by atoms with Crippen molar-refractivity contribution in [1.29, 1.82) is 0 Å². The zero-order valence-corrected chi connectivity index (χ0v) is 22.4. The van der Waals surface area contributed by atoms with Crippen LogP contribution in [0.2, 0.25) is 0 Å². The van der Waals surface area contributed by atoms with Gasteiger partial charge in [0.05, 0.1) is 30.6 Å². The highest BCUT2D eigenvalue weighted by atomic mass is 16.5. The van der Waals surface area contributed by atoms with Gasteiger partial charge in [0.1, 0.15) is 11.6 Å². The molecule has 3 heterocycles. The molecule has 8 heteroatoms. The summed E-state index contributed by atoms with van der Waals surface area (Å²) >= 11 is 0. The number of benzene rings is 2. The van der Waals surface area contributed by atoms with E-state index in [-0.39, 0.29) is 30.2 Å². The maximum absolute atomic E-state index is 14.1. The zero-order valence-electron chi connectivity index (χ0n) is 22.4. The highest BCUT2D eigenvalue weighted by Crippen LogP contribution is 2.59. The van der Waals surface area contributed by atoms with Gasteiger partial charge >= 0.3 is 0 Å². The molecule has 2 aromatic rings. The zero-order chi connectivity index (χ0) is 27.2. The van der Waals surface area contributed by atoms with Crippen LogP contribution in [-0.4, -0.2) is 58.1 Å². The lowest BCUT2D eigenvalue weighted by molar-refractivity contribution is -0.145. The van der Waals surface area contributed by atoms with Crippen molar-refractivity contribution in [2.75, 3.05) is 11.9 Å². The molecule has 2 bridgehead atoms. The molecule has 0 saturated carbocycles. The van der Waals surface area contributed by atoms with Gasteiger partial charge in [-0.05, 0) is 55.4 Å². The second-order valence-electron chi connectivity index (χ2n) is 11.3. The van der Waals surface area contributed by atoms with Gasteiger partial charge in [0.15, 0.2) is 0 Å². The van der Waals surface area contributed by atoms with Crippen LogP contribution in [0.15, 0.2) is 48.5 Å². The summed E-state index contributed by atoms with van der Waals surface area (Å²) in [6.07, 6.45) is 0.679. The Kier molecular flexibility index (Phi) is 7.05. The molecule has 3 aliphatic heterocycles. The van der Waals surface area contributed by atoms with Crippen LogP contribution in [-0.2, 0) is 25.7 Å². The fourth-order valence-electron chi connectivity index (χ4n) is 6.64. The molecule has 0 radical (unpaired) electrons. The first kappa shape index (κ1) is 26.4. The van der Waals surface area contributed by atoms with Crippen molar-refractivity contribution in [2.45, 2.75) is 70.9 Å². The minimum atomic E-state index is -1.11. The first-order chi connectivity index (χ1) is 18.2. The molecular weight excluding hydrogens is 482 g/mol. The van der Waals surface area contributed by atoms with Gasteiger partial charge in [-0.3, -0.25) is 14.4 Å². The lowest BCUT2D eigenvalue weighted by atomic mass is 9.70. The molecular formula is C30H37N3O5. The van der Waals surface area contributed by atoms with Crippen LogP contribution in [0.3, 0.4) is 0 Å². The van der Waals surface area contributed by atoms with Crippen molar-refractivity contribution in [3.63, 3.8) is 0 Å². The number of carbonyl (C=O) groups is 3. The van der Waals surface area contributed by atoms with Crippen LogP contribution in [0.1, 0.15) is 43.4 Å². The number of hydrogen-bond acceptors (Lipinski definition) is 5. The minimum absolute atomic E-state index is 0.0993. The molecule has 5 rings (SSSR count). The quantitative estimate of drug-likeness (QED) is 0.497. The molecule has 8 nitrogen and oxygen atoms in total. The number of aryl methyl sites for hydroxylation is 2. The van der Waals surface area contributed by atoms with Crippen molar-refractivity contribution in [3.8, 4) is 0 Å². The molecule has 2 unspecified atom stereocenters. The molecule has 6 atom stereocenters. The van der Waals surface area contributed by atoms with E-state index >= 15 is 0 Å². The number of carbonyl (C=O) groups excluding carboxylic acids is 3. The second-order valence-corrected chi connectivity index (χ2v) is 11.3. The summed E-state index contributed by atoms with van der Waals surface area (Å²) in [6.45, 7) is 7.78. The van der Waals surface area contributed by atoms with E-state index < -0.39 is 35.6 Å². The third kappa shape index (κ3) is 4.29. The van der Waals surface area contributed by atoms with Crippen molar-refractivity contribution < 1.29 is 24.2 Å². The number of fused-ring (bicyclic) bond motifs is 1. The Balaban J connectivity index is 1.48. The molecule has 38 heavy (non-hydrogen) atoms. The van der Waals surface area contributed by atoms with Gasteiger partial charge in [0.25, 0.3) is 0 Å². The number of rotatable bonds is 8. The Bertz CT molecular complexity index is 1230. The van der Waals surface area contributed by atoms with E-state index in [9.17, 15) is 19.5 Å². The summed E-state index contributed by atoms with van der Waals surface area (Å²) in [4.78, 5) is 43.2. The van der Waals surface area contributed by atoms with Crippen molar-refractivity contribution in [2.24, 2.45) is 17.8 Å². The molecule has 3 fully saturated rings. The van der Waals surface area contributed by atoms with E-state index in [1.54, 1.807) is 0 Å². The van der Waals surface area contributed by atoms with Crippen LogP contribution in [0.5, 0.6) is 0 Å². The standard InChI is InChI=1S/C30H37N3O5/c1-17(2)22(16-34)33-26(28(36)32-21-14-18(3)10-11-19(21)4)30-13-12-23(38-30)24(25(30)29(33)37)27(35)31-15-20-8-6-5-7-9-20/h5-11,14,17,22-26,34H,12-13,15-16H2,1-4H3,(H,31,35)(H,32,36)/t22-,23+,24-,25-,26?,30?/m0/s1. The van der Waals surface area contributed by atoms with Gasteiger partial charge in [0, 0.05) is 12.2 Å². The van der Waals surface area contributed by atoms with E-state index in [0.29, 0.717) is 25.1 Å². The highest BCUT2D eigenvalue weighted by molar-refractivity contribution is 6.04. The predicted octanol–water partition coefficient (Wildman–Crippen LogP) is 2.95. The third-order valence-corrected chi connectivity index (χ3v) is 8.56. The van der Waals surface area contributed by atoms with Gasteiger partial charge < -0.3 is 25.4 Å². The molecule has 2 aromatic carbocycles. The number of nitrogens with zero attached hydrogens (tertiary/aromatic N) is 1. The molecule has 202 valence electrons. The second kappa shape index (κ2) is 10.2. The smallest absolute Gasteiger partial charge is 0.250 e. The number of likely N-dealkylation sites (tertiary alicyclic amines) is 1. The van der Waals surface area contributed by atoms with Gasteiger partial charge in [0.2, 0.25) is 17.7 Å². The lowest BCUT2D eigenvalue weighted by Crippen LogP contribution is -2.57. The predicted molar refractivity (Wildman–Crippen MR) is 143 cm³/mol. The summed E-state index contributed by atoms with van der Waals surface area (Å²) < 4.78 is 6.50. The average molecular weight is 520 g/mol. The maximum Gasteiger partial charge on any atom is 0.250 e. The number of nitrogens with one attached hydrogen (secondary N) is 2. The van der Waals surface area contributed by atoms with Crippen LogP contribution in [0, 0.1) is 31.6 Å². The van der Waals surface area contributed by atoms with Gasteiger partial charge in [-0.1, -0.05) is 56.3 Å². The molecule has 3 N–H and O–H groups in total. The van der Waals surface area contributed by atoms with E-state index in [4.69, 9.17) is 4.74 Å². The van der Waals surface area contributed by atoms with Crippen LogP contribution in [0.25, 0.3) is 0 Å². The summed E-state index contributed by atoms with van der Waals surface area (Å²) in [7, 11) is 0. The Morgan fingerprint density at radius 3 is 2.55 bits per heavy atom.